The van der Waals surface area contributed by atoms with Crippen LogP contribution >= 0.6 is 11.3 Å². The minimum absolute atomic E-state index is 0.125. The molecule has 9 heteroatoms. The van der Waals surface area contributed by atoms with Gasteiger partial charge in [0, 0.05) is 47.9 Å². The molecule has 1 aliphatic rings. The lowest BCUT2D eigenvalue weighted by Crippen LogP contribution is -2.43. The first kappa shape index (κ1) is 24.1. The van der Waals surface area contributed by atoms with E-state index in [1.54, 1.807) is 12.1 Å². The number of carbonyl (C=O) groups excluding carboxylic acids is 1. The number of nitrogens with zero attached hydrogens (tertiary/aromatic N) is 2. The van der Waals surface area contributed by atoms with Crippen molar-refractivity contribution < 1.29 is 14.3 Å². The molecule has 0 spiro atoms. The second-order valence-electron chi connectivity index (χ2n) is 8.99. The van der Waals surface area contributed by atoms with Crippen molar-refractivity contribution in [1.82, 2.24) is 20.5 Å². The largest absolute Gasteiger partial charge is 0.489 e. The summed E-state index contributed by atoms with van der Waals surface area (Å²) in [4.78, 5) is 29.0. The summed E-state index contributed by atoms with van der Waals surface area (Å²) in [6.07, 6.45) is 2.24. The molecule has 1 fully saturated rings. The number of hydrogen-bond donors (Lipinski definition) is 2. The summed E-state index contributed by atoms with van der Waals surface area (Å²) in [7, 11) is 0. The van der Waals surface area contributed by atoms with Crippen LogP contribution in [0.3, 0.4) is 0 Å². The third-order valence-corrected chi connectivity index (χ3v) is 7.24. The molecule has 5 rings (SSSR count). The molecule has 3 heterocycles. The number of para-hydroxylation sites is 1. The fourth-order valence-electron chi connectivity index (χ4n) is 4.62. The van der Waals surface area contributed by atoms with E-state index in [9.17, 15) is 9.59 Å². The first-order valence-corrected chi connectivity index (χ1v) is 12.9. The number of aromatic amines is 1. The van der Waals surface area contributed by atoms with Crippen LogP contribution < -0.4 is 14.9 Å². The Morgan fingerprint density at radius 3 is 2.72 bits per heavy atom. The summed E-state index contributed by atoms with van der Waals surface area (Å²) in [5.74, 6) is 0.798. The van der Waals surface area contributed by atoms with Gasteiger partial charge in [-0.3, -0.25) is 14.6 Å². The number of carbonyl (C=O) groups is 1. The van der Waals surface area contributed by atoms with Crippen molar-refractivity contribution >= 4 is 28.1 Å². The predicted octanol–water partition coefficient (Wildman–Crippen LogP) is 4.03. The van der Waals surface area contributed by atoms with E-state index in [4.69, 9.17) is 9.47 Å². The lowest BCUT2D eigenvalue weighted by Gasteiger charge is -2.30. The molecule has 0 radical (unpaired) electrons. The highest BCUT2D eigenvalue weighted by molar-refractivity contribution is 7.08. The van der Waals surface area contributed by atoms with Gasteiger partial charge >= 0.3 is 4.87 Å². The Balaban J connectivity index is 1.25. The molecule has 1 atom stereocenters. The van der Waals surface area contributed by atoms with Crippen molar-refractivity contribution in [2.24, 2.45) is 5.92 Å². The van der Waals surface area contributed by atoms with Crippen LogP contribution in [-0.4, -0.2) is 40.3 Å². The molecule has 8 nitrogen and oxygen atoms in total. The summed E-state index contributed by atoms with van der Waals surface area (Å²) in [5, 5.41) is 11.5. The Bertz CT molecular complexity index is 1390. The van der Waals surface area contributed by atoms with Crippen LogP contribution in [0.1, 0.15) is 39.5 Å². The van der Waals surface area contributed by atoms with Crippen LogP contribution in [0, 0.1) is 12.8 Å². The second-order valence-corrected chi connectivity index (χ2v) is 10.0. The quantitative estimate of drug-likeness (QED) is 0.375. The minimum atomic E-state index is -0.187. The number of H-pyrrole nitrogens is 1. The Morgan fingerprint density at radius 1 is 1.19 bits per heavy atom. The summed E-state index contributed by atoms with van der Waals surface area (Å²) in [6, 6.07) is 17.1. The number of benzene rings is 2. The van der Waals surface area contributed by atoms with Crippen molar-refractivity contribution in [3.63, 3.8) is 0 Å². The maximum atomic E-state index is 13.1. The second kappa shape index (κ2) is 11.0. The van der Waals surface area contributed by atoms with Gasteiger partial charge in [0.15, 0.2) is 0 Å². The molecule has 186 valence electrons. The van der Waals surface area contributed by atoms with Crippen molar-refractivity contribution in [3.8, 4) is 5.75 Å². The molecule has 0 aliphatic carbocycles. The number of hydrogen-bond acceptors (Lipinski definition) is 7. The normalized spacial score (nSPS) is 15.0. The average molecular weight is 505 g/mol. The molecule has 1 aliphatic heterocycles. The van der Waals surface area contributed by atoms with Gasteiger partial charge in [0.05, 0.1) is 5.52 Å². The van der Waals surface area contributed by atoms with E-state index in [0.29, 0.717) is 42.6 Å². The number of rotatable bonds is 8. The Labute approximate surface area is 212 Å². The van der Waals surface area contributed by atoms with Gasteiger partial charge in [0.25, 0.3) is 5.91 Å². The molecular weight excluding hydrogens is 476 g/mol. The van der Waals surface area contributed by atoms with E-state index < -0.39 is 0 Å². The highest BCUT2D eigenvalue weighted by Crippen LogP contribution is 2.23. The third-order valence-electron chi connectivity index (χ3n) is 6.47. The van der Waals surface area contributed by atoms with Gasteiger partial charge in [0.2, 0.25) is 0 Å². The van der Waals surface area contributed by atoms with Crippen LogP contribution in [0.4, 0.5) is 0 Å². The fraction of sp³-hybridized carbons (Fsp3) is 0.333. The predicted molar refractivity (Wildman–Crippen MR) is 138 cm³/mol. The first-order chi connectivity index (χ1) is 17.5. The molecule has 2 N–H and O–H groups in total. The van der Waals surface area contributed by atoms with Crippen LogP contribution in [0.5, 0.6) is 5.75 Å². The maximum absolute atomic E-state index is 13.1. The Kier molecular flexibility index (Phi) is 7.39. The smallest absolute Gasteiger partial charge is 0.322 e. The molecule has 0 bridgehead atoms. The summed E-state index contributed by atoms with van der Waals surface area (Å²) >= 11 is 1.08. The molecule has 36 heavy (non-hydrogen) atoms. The average Bonchev–Trinajstić information content (AvgIpc) is 3.32. The van der Waals surface area contributed by atoms with Crippen molar-refractivity contribution in [3.05, 3.63) is 86.1 Å². The summed E-state index contributed by atoms with van der Waals surface area (Å²) < 4.78 is 11.5. The molecule has 2 aromatic heterocycles. The Morgan fingerprint density at radius 2 is 1.97 bits per heavy atom. The van der Waals surface area contributed by atoms with Gasteiger partial charge in [-0.15, -0.1) is 0 Å². The number of nitrogens with one attached hydrogen (secondary N) is 2. The van der Waals surface area contributed by atoms with E-state index in [1.807, 2.05) is 49.4 Å². The van der Waals surface area contributed by atoms with Gasteiger partial charge in [-0.2, -0.15) is 5.10 Å². The lowest BCUT2D eigenvalue weighted by molar-refractivity contribution is 0.0515. The lowest BCUT2D eigenvalue weighted by atomic mass is 9.89. The topological polar surface area (TPSA) is 106 Å². The van der Waals surface area contributed by atoms with Crippen LogP contribution in [0.15, 0.2) is 59.4 Å². The number of aryl methyl sites for hydroxylation is 1. The standard InChI is InChI=1S/C27H28N4O4S/c1-17-14-20(22-4-2-3-5-23(22)28-17)16-35-21-8-6-19(7-9-21)26(32)29-24(18-10-12-34-13-11-18)15-25-30-31-27(33)36-25/h2-9,14,18,24H,10-13,15-16H2,1H3,(H,29,32)(H,31,33). The van der Waals surface area contributed by atoms with Crippen LogP contribution in [0.2, 0.25) is 0 Å². The van der Waals surface area contributed by atoms with E-state index in [1.165, 1.54) is 0 Å². The monoisotopic (exact) mass is 504 g/mol. The molecular formula is C27H28N4O4S. The molecule has 2 aromatic carbocycles. The number of pyridine rings is 1. The van der Waals surface area contributed by atoms with Gasteiger partial charge in [0.1, 0.15) is 17.4 Å². The maximum Gasteiger partial charge on any atom is 0.322 e. The highest BCUT2D eigenvalue weighted by Gasteiger charge is 2.27. The van der Waals surface area contributed by atoms with Gasteiger partial charge in [-0.1, -0.05) is 29.5 Å². The van der Waals surface area contributed by atoms with Crippen molar-refractivity contribution in [2.75, 3.05) is 13.2 Å². The zero-order valence-electron chi connectivity index (χ0n) is 20.0. The molecule has 1 amide bonds. The molecule has 1 saturated heterocycles. The van der Waals surface area contributed by atoms with E-state index in [0.717, 1.165) is 46.3 Å². The van der Waals surface area contributed by atoms with Gasteiger partial charge in [-0.05, 0) is 62.1 Å². The number of aromatic nitrogens is 3. The zero-order valence-corrected chi connectivity index (χ0v) is 20.8. The van der Waals surface area contributed by atoms with Gasteiger partial charge < -0.3 is 14.8 Å². The third kappa shape index (κ3) is 5.80. The summed E-state index contributed by atoms with van der Waals surface area (Å²) in [6.45, 7) is 3.73. The number of fused-ring (bicyclic) bond motifs is 1. The van der Waals surface area contributed by atoms with Crippen molar-refractivity contribution in [1.29, 1.82) is 0 Å². The molecule has 4 aromatic rings. The zero-order chi connectivity index (χ0) is 24.9. The Hall–Kier alpha value is -3.56. The van der Waals surface area contributed by atoms with Crippen molar-refractivity contribution in [2.45, 2.75) is 38.8 Å². The first-order valence-electron chi connectivity index (χ1n) is 12.1. The van der Waals surface area contributed by atoms with Crippen LogP contribution in [0.25, 0.3) is 10.9 Å². The highest BCUT2D eigenvalue weighted by atomic mass is 32.1. The van der Waals surface area contributed by atoms with Gasteiger partial charge in [-0.25, -0.2) is 5.10 Å². The molecule has 0 saturated carbocycles. The fourth-order valence-corrected chi connectivity index (χ4v) is 5.28. The molecule has 1 unspecified atom stereocenters. The van der Waals surface area contributed by atoms with E-state index in [2.05, 4.69) is 20.5 Å². The SMILES string of the molecule is Cc1cc(COc2ccc(C(=O)NC(Cc3n[nH]c(=O)s3)C3CCOCC3)cc2)c2ccccc2n1. The number of amides is 1. The minimum Gasteiger partial charge on any atom is -0.489 e. The van der Waals surface area contributed by atoms with E-state index >= 15 is 0 Å². The van der Waals surface area contributed by atoms with E-state index in [-0.39, 0.29) is 22.7 Å². The number of ether oxygens (including phenoxy) is 2. The summed E-state index contributed by atoms with van der Waals surface area (Å²) in [5.41, 5.74) is 3.52. The van der Waals surface area contributed by atoms with Crippen LogP contribution in [-0.2, 0) is 17.8 Å².